The third kappa shape index (κ3) is 6.39. The van der Waals surface area contributed by atoms with E-state index >= 15 is 0 Å². The van der Waals surface area contributed by atoms with Crippen LogP contribution < -0.4 is 30.1 Å². The number of nitrogens with zero attached hydrogens (tertiary/aromatic N) is 2. The first-order valence-corrected chi connectivity index (χ1v) is 10.1. The molecule has 1 aromatic carbocycles. The van der Waals surface area contributed by atoms with E-state index in [-0.39, 0.29) is 22.3 Å². The lowest BCUT2D eigenvalue weighted by molar-refractivity contribution is -0.142. The summed E-state index contributed by atoms with van der Waals surface area (Å²) >= 11 is 0.879. The number of carbonyl (C=O) groups excluding carboxylic acids is 2. The topological polar surface area (TPSA) is 122 Å². The van der Waals surface area contributed by atoms with Crippen LogP contribution >= 0.6 is 11.3 Å². The van der Waals surface area contributed by atoms with Crippen molar-refractivity contribution < 1.29 is 27.8 Å². The summed E-state index contributed by atoms with van der Waals surface area (Å²) in [5, 5.41) is 14.3. The van der Waals surface area contributed by atoms with Crippen molar-refractivity contribution in [2.24, 2.45) is 0 Å². The minimum atomic E-state index is -2.77. The van der Waals surface area contributed by atoms with Crippen LogP contribution in [0.5, 0.6) is 5.75 Å². The van der Waals surface area contributed by atoms with Crippen molar-refractivity contribution in [3.63, 3.8) is 0 Å². The monoisotopic (exact) mass is 466 g/mol. The average molecular weight is 466 g/mol. The number of alkyl halides is 2. The number of carbonyl (C=O) groups is 2. The van der Waals surface area contributed by atoms with E-state index in [4.69, 9.17) is 4.74 Å². The van der Waals surface area contributed by atoms with Crippen LogP contribution in [0.1, 0.15) is 6.92 Å². The number of hydrogen-bond acceptors (Lipinski definition) is 8. The molecule has 1 amide bonds. The maximum Gasteiger partial charge on any atom is 0.343 e. The smallest absolute Gasteiger partial charge is 0.343 e. The van der Waals surface area contributed by atoms with Gasteiger partial charge in [0.05, 0.1) is 13.7 Å². The number of benzene rings is 1. The molecule has 0 aliphatic rings. The van der Waals surface area contributed by atoms with Gasteiger partial charge in [-0.2, -0.15) is 5.26 Å². The molecule has 0 spiro atoms. The number of methoxy groups -OCH3 is 1. The van der Waals surface area contributed by atoms with Gasteiger partial charge in [0, 0.05) is 24.5 Å². The van der Waals surface area contributed by atoms with Crippen molar-refractivity contribution in [1.29, 1.82) is 5.26 Å². The van der Waals surface area contributed by atoms with Crippen LogP contribution in [0.2, 0.25) is 0 Å². The molecule has 0 fully saturated rings. The van der Waals surface area contributed by atoms with Gasteiger partial charge in [0.25, 0.3) is 17.9 Å². The van der Waals surface area contributed by atoms with Gasteiger partial charge in [0.15, 0.2) is 12.2 Å². The Hall–Kier alpha value is -3.72. The van der Waals surface area contributed by atoms with Gasteiger partial charge < -0.3 is 20.1 Å². The van der Waals surface area contributed by atoms with Gasteiger partial charge in [0.1, 0.15) is 21.0 Å². The Morgan fingerprint density at radius 2 is 2.12 bits per heavy atom. The fourth-order valence-corrected chi connectivity index (χ4v) is 3.56. The summed E-state index contributed by atoms with van der Waals surface area (Å²) < 4.78 is 36.0. The molecule has 0 bridgehead atoms. The fourth-order valence-electron chi connectivity index (χ4n) is 2.47. The Kier molecular flexibility index (Phi) is 8.91. The van der Waals surface area contributed by atoms with E-state index < -0.39 is 36.0 Å². The van der Waals surface area contributed by atoms with Gasteiger partial charge in [0.2, 0.25) is 0 Å². The number of thiazole rings is 1. The molecule has 2 aromatic rings. The summed E-state index contributed by atoms with van der Waals surface area (Å²) in [6.45, 7) is 0.659. The highest BCUT2D eigenvalue weighted by Crippen LogP contribution is 2.17. The zero-order valence-corrected chi connectivity index (χ0v) is 18.0. The number of anilines is 1. The van der Waals surface area contributed by atoms with Crippen LogP contribution in [0.25, 0.3) is 11.8 Å². The van der Waals surface area contributed by atoms with Gasteiger partial charge in [-0.05, 0) is 19.1 Å². The predicted molar refractivity (Wildman–Crippen MR) is 114 cm³/mol. The number of aromatic nitrogens is 1. The van der Waals surface area contributed by atoms with Crippen molar-refractivity contribution in [3.8, 4) is 11.8 Å². The van der Waals surface area contributed by atoms with Crippen LogP contribution in [0.3, 0.4) is 0 Å². The SMILES string of the molecule is CCn1c(=O)/c(=C\Nc2cccc(OCC(=O)OC)c2)s/c1=C(/C#N)C(=O)NCC(F)F. The van der Waals surface area contributed by atoms with Crippen LogP contribution in [0, 0.1) is 11.3 Å². The lowest BCUT2D eigenvalue weighted by atomic mass is 10.3. The molecule has 1 heterocycles. The van der Waals surface area contributed by atoms with E-state index in [1.54, 1.807) is 37.3 Å². The molecule has 0 aliphatic heterocycles. The molecule has 1 aromatic heterocycles. The van der Waals surface area contributed by atoms with Crippen LogP contribution in [0.4, 0.5) is 14.5 Å². The number of nitrogens with one attached hydrogen (secondary N) is 2. The third-order valence-electron chi connectivity index (χ3n) is 3.98. The largest absolute Gasteiger partial charge is 0.482 e. The maximum absolute atomic E-state index is 12.7. The van der Waals surface area contributed by atoms with E-state index in [9.17, 15) is 28.4 Å². The zero-order valence-electron chi connectivity index (χ0n) is 17.2. The second-order valence-corrected chi connectivity index (χ2v) is 7.12. The molecule has 2 N–H and O–H groups in total. The van der Waals surface area contributed by atoms with Gasteiger partial charge in [-0.3, -0.25) is 14.2 Å². The summed E-state index contributed by atoms with van der Waals surface area (Å²) in [5.74, 6) is -1.13. The van der Waals surface area contributed by atoms with Crippen molar-refractivity contribution in [1.82, 2.24) is 9.88 Å². The highest BCUT2D eigenvalue weighted by molar-refractivity contribution is 7.07. The maximum atomic E-state index is 12.7. The van der Waals surface area contributed by atoms with Gasteiger partial charge in [-0.15, -0.1) is 11.3 Å². The van der Waals surface area contributed by atoms with Crippen LogP contribution in [0.15, 0.2) is 29.1 Å². The van der Waals surface area contributed by atoms with E-state index in [2.05, 4.69) is 10.1 Å². The van der Waals surface area contributed by atoms with E-state index in [1.165, 1.54) is 17.9 Å². The molecular weight excluding hydrogens is 446 g/mol. The first-order chi connectivity index (χ1) is 15.3. The van der Waals surface area contributed by atoms with Crippen LogP contribution in [-0.4, -0.2) is 43.1 Å². The fraction of sp³-hybridized carbons (Fsp3) is 0.300. The molecule has 0 aliphatic carbocycles. The molecule has 0 atom stereocenters. The predicted octanol–water partition coefficient (Wildman–Crippen LogP) is 0.387. The second-order valence-electron chi connectivity index (χ2n) is 6.09. The lowest BCUT2D eigenvalue weighted by Gasteiger charge is -2.06. The number of ether oxygens (including phenoxy) is 2. The molecule has 0 saturated heterocycles. The Labute approximate surface area is 185 Å². The molecule has 12 heteroatoms. The Bertz CT molecular complexity index is 1200. The zero-order chi connectivity index (χ0) is 23.7. The number of rotatable bonds is 9. The number of esters is 1. The lowest BCUT2D eigenvalue weighted by Crippen LogP contribution is -2.35. The molecule has 0 unspecified atom stereocenters. The highest BCUT2D eigenvalue weighted by Gasteiger charge is 2.16. The molecular formula is C20H20F2N4O5S. The van der Waals surface area contributed by atoms with Crippen molar-refractivity contribution in [3.05, 3.63) is 43.8 Å². The first-order valence-electron chi connectivity index (χ1n) is 9.27. The summed E-state index contributed by atoms with van der Waals surface area (Å²) in [6.07, 6.45) is -1.37. The molecule has 2 rings (SSSR count). The summed E-state index contributed by atoms with van der Waals surface area (Å²) in [4.78, 5) is 36.0. The molecule has 0 radical (unpaired) electrons. The quantitative estimate of drug-likeness (QED) is 0.513. The molecule has 9 nitrogen and oxygen atoms in total. The third-order valence-corrected chi connectivity index (χ3v) is 5.11. The van der Waals surface area contributed by atoms with Crippen molar-refractivity contribution in [2.45, 2.75) is 19.9 Å². The van der Waals surface area contributed by atoms with Crippen molar-refractivity contribution >= 4 is 40.7 Å². The summed E-state index contributed by atoms with van der Waals surface area (Å²) in [7, 11) is 1.24. The minimum absolute atomic E-state index is 0.0648. The number of nitriles is 1. The van der Waals surface area contributed by atoms with Gasteiger partial charge in [-0.1, -0.05) is 6.07 Å². The molecule has 0 saturated carbocycles. The Balaban J connectivity index is 2.37. The first kappa shape index (κ1) is 24.5. The number of hydrogen-bond donors (Lipinski definition) is 2. The highest BCUT2D eigenvalue weighted by atomic mass is 32.1. The van der Waals surface area contributed by atoms with Crippen LogP contribution in [-0.2, 0) is 20.9 Å². The normalized spacial score (nSPS) is 12.2. The van der Waals surface area contributed by atoms with Gasteiger partial charge in [-0.25, -0.2) is 13.6 Å². The minimum Gasteiger partial charge on any atom is -0.482 e. The summed E-state index contributed by atoms with van der Waals surface area (Å²) in [5.41, 5.74) is -0.330. The Morgan fingerprint density at radius 1 is 1.38 bits per heavy atom. The number of amides is 1. The molecule has 32 heavy (non-hydrogen) atoms. The molecule has 170 valence electrons. The second kappa shape index (κ2) is 11.6. The summed E-state index contributed by atoms with van der Waals surface area (Å²) in [6, 6.07) is 8.28. The van der Waals surface area contributed by atoms with Crippen molar-refractivity contribution in [2.75, 3.05) is 25.6 Å². The Morgan fingerprint density at radius 3 is 2.75 bits per heavy atom. The standard InChI is InChI=1S/C20H20F2N4O5S/c1-3-26-19(29)15(32-20(26)14(8-23)18(28)25-10-16(21)22)9-24-12-5-4-6-13(7-12)31-11-17(27)30-2/h4-7,9,16,24H,3,10-11H2,1-2H3,(H,25,28)/b15-9+,20-14-. The van der Waals surface area contributed by atoms with Gasteiger partial charge >= 0.3 is 5.97 Å². The average Bonchev–Trinajstić information content (AvgIpc) is 3.10. The van der Waals surface area contributed by atoms with E-state index in [0.717, 1.165) is 11.3 Å². The number of halogens is 2. The van der Waals surface area contributed by atoms with E-state index in [0.29, 0.717) is 11.4 Å². The van der Waals surface area contributed by atoms with E-state index in [1.807, 2.05) is 5.32 Å².